The predicted molar refractivity (Wildman–Crippen MR) is 121 cm³/mol. The summed E-state index contributed by atoms with van der Waals surface area (Å²) in [4.78, 5) is 39.1. The minimum Gasteiger partial charge on any atom is -0.469 e. The van der Waals surface area contributed by atoms with E-state index in [1.54, 1.807) is 0 Å². The molecule has 164 valence electrons. The van der Waals surface area contributed by atoms with Crippen LogP contribution in [0.4, 0.5) is 4.79 Å². The number of rotatable bonds is 8. The van der Waals surface area contributed by atoms with Crippen molar-refractivity contribution in [2.24, 2.45) is 0 Å². The summed E-state index contributed by atoms with van der Waals surface area (Å²) in [6, 6.07) is 19.4. The van der Waals surface area contributed by atoms with Crippen molar-refractivity contribution >= 4 is 31.2 Å². The highest BCUT2D eigenvalue weighted by molar-refractivity contribution is 6.91. The number of methoxy groups -OCH3 is 1. The van der Waals surface area contributed by atoms with Crippen LogP contribution in [0.3, 0.4) is 0 Å². The molecule has 1 heterocycles. The van der Waals surface area contributed by atoms with Crippen LogP contribution in [0, 0.1) is 0 Å². The van der Waals surface area contributed by atoms with Gasteiger partial charge in [-0.2, -0.15) is 0 Å². The molecule has 0 aliphatic carbocycles. The molecular formula is C24H29NO5Si. The second-order valence-electron chi connectivity index (χ2n) is 8.45. The van der Waals surface area contributed by atoms with Crippen LogP contribution in [0.5, 0.6) is 0 Å². The van der Waals surface area contributed by atoms with E-state index < -0.39 is 14.2 Å². The number of amides is 2. The van der Waals surface area contributed by atoms with Crippen LogP contribution in [0.15, 0.2) is 60.7 Å². The molecule has 2 aromatic rings. The van der Waals surface area contributed by atoms with Gasteiger partial charge in [0.25, 0.3) is 0 Å². The number of hydrogen-bond donors (Lipinski definition) is 0. The number of carbonyl (C=O) groups is 3. The van der Waals surface area contributed by atoms with Crippen LogP contribution >= 0.6 is 0 Å². The van der Waals surface area contributed by atoms with Crippen molar-refractivity contribution in [1.29, 1.82) is 0 Å². The minimum atomic E-state index is -2.22. The first-order chi connectivity index (χ1) is 14.8. The molecule has 0 saturated carbocycles. The van der Waals surface area contributed by atoms with Gasteiger partial charge in [-0.3, -0.25) is 9.59 Å². The van der Waals surface area contributed by atoms with Gasteiger partial charge >= 0.3 is 12.1 Å². The van der Waals surface area contributed by atoms with Gasteiger partial charge in [-0.1, -0.05) is 78.9 Å². The highest BCUT2D eigenvalue weighted by Gasteiger charge is 2.42. The lowest BCUT2D eigenvalue weighted by Crippen LogP contribution is -2.49. The maximum Gasteiger partial charge on any atom is 0.416 e. The standard InChI is InChI=1S/C24H29NO5Si/c1-29-23(27)16-21(31(2,3)20-12-8-5-9-13-20)15-22(26)25-19(17-30-24(25)28)14-18-10-6-4-7-11-18/h4-13,19,21H,14-17H2,1-3H3/t19-,21-/m0/s1. The number of ether oxygens (including phenoxy) is 2. The summed E-state index contributed by atoms with van der Waals surface area (Å²) in [6.07, 6.45) is 0.174. The molecule has 7 heteroatoms. The third kappa shape index (κ3) is 5.41. The fraction of sp³-hybridized carbons (Fsp3) is 0.375. The van der Waals surface area contributed by atoms with Crippen molar-refractivity contribution in [1.82, 2.24) is 4.90 Å². The highest BCUT2D eigenvalue weighted by atomic mass is 28.3. The molecule has 2 aromatic carbocycles. The Morgan fingerprint density at radius 1 is 1.06 bits per heavy atom. The van der Waals surface area contributed by atoms with E-state index in [1.165, 1.54) is 12.0 Å². The minimum absolute atomic E-state index is 0.101. The van der Waals surface area contributed by atoms with Crippen molar-refractivity contribution < 1.29 is 23.9 Å². The van der Waals surface area contributed by atoms with Gasteiger partial charge in [-0.25, -0.2) is 9.69 Å². The van der Waals surface area contributed by atoms with Crippen LogP contribution in [-0.2, 0) is 25.5 Å². The van der Waals surface area contributed by atoms with Gasteiger partial charge in [0.2, 0.25) is 5.91 Å². The SMILES string of the molecule is COC(=O)C[C@H](CC(=O)N1C(=O)OC[C@@H]1Cc1ccccc1)[Si](C)(C)c1ccccc1. The maximum atomic E-state index is 13.3. The van der Waals surface area contributed by atoms with Crippen LogP contribution < -0.4 is 5.19 Å². The zero-order chi connectivity index (χ0) is 22.4. The van der Waals surface area contributed by atoms with E-state index in [0.717, 1.165) is 10.8 Å². The van der Waals surface area contributed by atoms with Crippen LogP contribution in [0.1, 0.15) is 18.4 Å². The summed E-state index contributed by atoms with van der Waals surface area (Å²) in [5.74, 6) is -0.645. The van der Waals surface area contributed by atoms with E-state index in [2.05, 4.69) is 13.1 Å². The lowest BCUT2D eigenvalue weighted by atomic mass is 10.1. The molecule has 1 fully saturated rings. The van der Waals surface area contributed by atoms with E-state index in [-0.39, 0.29) is 42.9 Å². The van der Waals surface area contributed by atoms with Gasteiger partial charge in [0, 0.05) is 12.8 Å². The Morgan fingerprint density at radius 2 is 1.68 bits per heavy atom. The highest BCUT2D eigenvalue weighted by Crippen LogP contribution is 2.32. The van der Waals surface area contributed by atoms with Crippen molar-refractivity contribution in [3.05, 3.63) is 66.2 Å². The molecule has 2 amide bonds. The monoisotopic (exact) mass is 439 g/mol. The molecule has 0 bridgehead atoms. The molecule has 6 nitrogen and oxygen atoms in total. The average Bonchev–Trinajstić information content (AvgIpc) is 3.14. The quantitative estimate of drug-likeness (QED) is 0.465. The Balaban J connectivity index is 1.81. The fourth-order valence-corrected chi connectivity index (χ4v) is 6.97. The predicted octanol–water partition coefficient (Wildman–Crippen LogP) is 3.52. The summed E-state index contributed by atoms with van der Waals surface area (Å²) in [6.45, 7) is 4.47. The van der Waals surface area contributed by atoms with E-state index in [1.807, 2.05) is 60.7 Å². The largest absolute Gasteiger partial charge is 0.469 e. The van der Waals surface area contributed by atoms with Crippen LogP contribution in [0.2, 0.25) is 18.6 Å². The third-order valence-corrected chi connectivity index (χ3v) is 10.4. The lowest BCUT2D eigenvalue weighted by Gasteiger charge is -2.33. The van der Waals surface area contributed by atoms with E-state index >= 15 is 0 Å². The Kier molecular flexibility index (Phi) is 7.28. The molecule has 0 radical (unpaired) electrons. The zero-order valence-corrected chi connectivity index (χ0v) is 19.2. The summed E-state index contributed by atoms with van der Waals surface area (Å²) in [5, 5.41) is 1.15. The first-order valence-corrected chi connectivity index (χ1v) is 13.6. The Hall–Kier alpha value is -2.93. The third-order valence-electron chi connectivity index (χ3n) is 6.14. The first-order valence-electron chi connectivity index (χ1n) is 10.5. The fourth-order valence-electron chi connectivity index (χ4n) is 4.08. The van der Waals surface area contributed by atoms with Crippen molar-refractivity contribution in [3.8, 4) is 0 Å². The van der Waals surface area contributed by atoms with Crippen LogP contribution in [0.25, 0.3) is 0 Å². The Labute approximate surface area is 184 Å². The normalized spacial score (nSPS) is 17.2. The van der Waals surface area contributed by atoms with Gasteiger partial charge < -0.3 is 9.47 Å². The maximum absolute atomic E-state index is 13.3. The van der Waals surface area contributed by atoms with Gasteiger partial charge in [0.15, 0.2) is 0 Å². The van der Waals surface area contributed by atoms with Gasteiger partial charge in [-0.05, 0) is 17.5 Å². The molecule has 31 heavy (non-hydrogen) atoms. The zero-order valence-electron chi connectivity index (χ0n) is 18.2. The number of imide groups is 1. The van der Waals surface area contributed by atoms with E-state index in [4.69, 9.17) is 9.47 Å². The smallest absolute Gasteiger partial charge is 0.416 e. The summed E-state index contributed by atoms with van der Waals surface area (Å²) in [5.41, 5.74) is 0.828. The number of benzene rings is 2. The molecule has 0 aromatic heterocycles. The van der Waals surface area contributed by atoms with Crippen molar-refractivity contribution in [2.45, 2.75) is 43.9 Å². The lowest BCUT2D eigenvalue weighted by molar-refractivity contribution is -0.140. The Bertz CT molecular complexity index is 916. The van der Waals surface area contributed by atoms with Gasteiger partial charge in [0.1, 0.15) is 6.61 Å². The second-order valence-corrected chi connectivity index (χ2v) is 13.3. The number of nitrogens with zero attached hydrogens (tertiary/aromatic N) is 1. The summed E-state index contributed by atoms with van der Waals surface area (Å²) in [7, 11) is -0.867. The topological polar surface area (TPSA) is 72.9 Å². The molecule has 1 aliphatic heterocycles. The average molecular weight is 440 g/mol. The molecule has 2 atom stereocenters. The number of hydrogen-bond acceptors (Lipinski definition) is 5. The molecule has 0 unspecified atom stereocenters. The molecule has 1 aliphatic rings. The van der Waals surface area contributed by atoms with E-state index in [0.29, 0.717) is 6.42 Å². The number of carbonyl (C=O) groups excluding carboxylic acids is 3. The van der Waals surface area contributed by atoms with Crippen molar-refractivity contribution in [3.63, 3.8) is 0 Å². The van der Waals surface area contributed by atoms with Crippen LogP contribution in [-0.4, -0.2) is 50.7 Å². The molecule has 3 rings (SSSR count). The van der Waals surface area contributed by atoms with E-state index in [9.17, 15) is 14.4 Å². The van der Waals surface area contributed by atoms with Gasteiger partial charge in [-0.15, -0.1) is 0 Å². The van der Waals surface area contributed by atoms with Gasteiger partial charge in [0.05, 0.1) is 21.2 Å². The second kappa shape index (κ2) is 9.92. The van der Waals surface area contributed by atoms with Crippen molar-refractivity contribution in [2.75, 3.05) is 13.7 Å². The number of cyclic esters (lactones) is 1. The molecule has 0 spiro atoms. The Morgan fingerprint density at radius 3 is 2.29 bits per heavy atom. The molecule has 1 saturated heterocycles. The first kappa shape index (κ1) is 22.7. The summed E-state index contributed by atoms with van der Waals surface area (Å²) < 4.78 is 10.1. The molecular weight excluding hydrogens is 410 g/mol. The summed E-state index contributed by atoms with van der Waals surface area (Å²) >= 11 is 0. The molecule has 0 N–H and O–H groups in total. The number of esters is 1.